The Morgan fingerprint density at radius 3 is 2.12 bits per heavy atom. The van der Waals surface area contributed by atoms with Gasteiger partial charge in [-0.25, -0.2) is 0 Å². The first-order valence-corrected chi connectivity index (χ1v) is 11.2. The second-order valence-corrected chi connectivity index (χ2v) is 7.89. The Balaban J connectivity index is 1.79. The number of rotatable bonds is 6. The highest BCUT2D eigenvalue weighted by Crippen LogP contribution is 2.37. The number of nitrogens with zero attached hydrogens (tertiary/aromatic N) is 2. The number of hydrogen-bond donors (Lipinski definition) is 0. The predicted octanol–water partition coefficient (Wildman–Crippen LogP) is 8.57. The van der Waals surface area contributed by atoms with Crippen LogP contribution in [-0.4, -0.2) is 4.57 Å². The molecular formula is C31H26N2. The summed E-state index contributed by atoms with van der Waals surface area (Å²) < 4.78 is 2.34. The second kappa shape index (κ2) is 9.05. The molecule has 4 aromatic carbocycles. The summed E-state index contributed by atoms with van der Waals surface area (Å²) in [5.74, 6) is 0. The molecule has 1 aromatic heterocycles. The first kappa shape index (κ1) is 20.6. The number of allylic oxidation sites excluding steroid dienone is 4. The lowest BCUT2D eigenvalue weighted by molar-refractivity contribution is 1.17. The second-order valence-electron chi connectivity index (χ2n) is 7.89. The summed E-state index contributed by atoms with van der Waals surface area (Å²) in [5.41, 5.74) is 6.84. The normalized spacial score (nSPS) is 12.0. The van der Waals surface area contributed by atoms with Crippen molar-refractivity contribution in [2.75, 3.05) is 4.90 Å². The molecular weight excluding hydrogens is 400 g/mol. The zero-order valence-electron chi connectivity index (χ0n) is 18.7. The Hall–Kier alpha value is -4.30. The molecule has 2 nitrogen and oxygen atoms in total. The van der Waals surface area contributed by atoms with Crippen LogP contribution in [-0.2, 0) is 0 Å². The van der Waals surface area contributed by atoms with E-state index in [0.717, 1.165) is 22.8 Å². The Kier molecular flexibility index (Phi) is 5.65. The first-order chi connectivity index (χ1) is 16.3. The van der Waals surface area contributed by atoms with Crippen LogP contribution in [0.1, 0.15) is 6.92 Å². The van der Waals surface area contributed by atoms with Gasteiger partial charge < -0.3 is 9.47 Å². The smallest absolute Gasteiger partial charge is 0.0542 e. The highest BCUT2D eigenvalue weighted by Gasteiger charge is 2.17. The summed E-state index contributed by atoms with van der Waals surface area (Å²) in [5, 5.41) is 2.47. The van der Waals surface area contributed by atoms with Gasteiger partial charge in [-0.3, -0.25) is 0 Å². The summed E-state index contributed by atoms with van der Waals surface area (Å²) in [7, 11) is 0. The third-order valence-electron chi connectivity index (χ3n) is 5.83. The number of fused-ring (bicyclic) bond motifs is 3. The van der Waals surface area contributed by atoms with Gasteiger partial charge in [0.25, 0.3) is 0 Å². The fourth-order valence-electron chi connectivity index (χ4n) is 4.48. The Labute approximate surface area is 195 Å². The minimum Gasteiger partial charge on any atom is -0.310 e. The number of aromatic nitrogens is 1. The van der Waals surface area contributed by atoms with Crippen molar-refractivity contribution in [1.29, 1.82) is 0 Å². The zero-order chi connectivity index (χ0) is 22.6. The van der Waals surface area contributed by atoms with Gasteiger partial charge in [-0.2, -0.15) is 0 Å². The molecule has 33 heavy (non-hydrogen) atoms. The topological polar surface area (TPSA) is 8.17 Å². The lowest BCUT2D eigenvalue weighted by Crippen LogP contribution is -2.15. The molecule has 0 atom stereocenters. The molecule has 0 radical (unpaired) electrons. The molecule has 0 aliphatic rings. The maximum atomic E-state index is 3.94. The van der Waals surface area contributed by atoms with Gasteiger partial charge in [0.15, 0.2) is 0 Å². The van der Waals surface area contributed by atoms with E-state index in [1.54, 1.807) is 0 Å². The maximum Gasteiger partial charge on any atom is 0.0542 e. The van der Waals surface area contributed by atoms with Crippen LogP contribution in [0.25, 0.3) is 27.5 Å². The molecule has 0 N–H and O–H groups in total. The van der Waals surface area contributed by atoms with Crippen molar-refractivity contribution in [3.63, 3.8) is 0 Å². The van der Waals surface area contributed by atoms with Crippen LogP contribution in [0.5, 0.6) is 0 Å². The van der Waals surface area contributed by atoms with Crippen LogP contribution in [0.4, 0.5) is 11.4 Å². The van der Waals surface area contributed by atoms with E-state index in [1.165, 1.54) is 21.8 Å². The molecule has 0 bridgehead atoms. The molecule has 0 spiro atoms. The van der Waals surface area contributed by atoms with Crippen LogP contribution in [0.3, 0.4) is 0 Å². The average molecular weight is 427 g/mol. The summed E-state index contributed by atoms with van der Waals surface area (Å²) in [6.07, 6.45) is 8.06. The van der Waals surface area contributed by atoms with E-state index in [2.05, 4.69) is 125 Å². The van der Waals surface area contributed by atoms with Crippen molar-refractivity contribution in [2.45, 2.75) is 6.92 Å². The van der Waals surface area contributed by atoms with Crippen LogP contribution < -0.4 is 4.90 Å². The molecule has 160 valence electrons. The summed E-state index contributed by atoms with van der Waals surface area (Å²) >= 11 is 0. The molecule has 0 aliphatic carbocycles. The SMILES string of the molecule is C=C/C=C(\C=C/C)N(c1ccccc1)c1ccc2c(c1)c1ccccc1n2-c1ccccc1. The van der Waals surface area contributed by atoms with Crippen LogP contribution >= 0.6 is 0 Å². The van der Waals surface area contributed by atoms with Crippen molar-refractivity contribution >= 4 is 33.2 Å². The van der Waals surface area contributed by atoms with Gasteiger partial charge in [-0.05, 0) is 67.6 Å². The summed E-state index contributed by atoms with van der Waals surface area (Å²) in [6, 6.07) is 36.4. The quantitative estimate of drug-likeness (QED) is 0.247. The van der Waals surface area contributed by atoms with E-state index >= 15 is 0 Å². The Bertz CT molecular complexity index is 1470. The van der Waals surface area contributed by atoms with E-state index in [1.807, 2.05) is 25.1 Å². The monoisotopic (exact) mass is 426 g/mol. The van der Waals surface area contributed by atoms with Crippen LogP contribution in [0, 0.1) is 0 Å². The van der Waals surface area contributed by atoms with Crippen molar-refractivity contribution < 1.29 is 0 Å². The summed E-state index contributed by atoms with van der Waals surface area (Å²) in [6.45, 7) is 5.98. The van der Waals surface area contributed by atoms with Crippen LogP contribution in [0.2, 0.25) is 0 Å². The number of benzene rings is 4. The van der Waals surface area contributed by atoms with Gasteiger partial charge in [-0.1, -0.05) is 73.3 Å². The third kappa shape index (κ3) is 3.77. The number of para-hydroxylation sites is 3. The van der Waals surface area contributed by atoms with Crippen LogP contribution in [0.15, 0.2) is 140 Å². The van der Waals surface area contributed by atoms with Gasteiger partial charge in [0.2, 0.25) is 0 Å². The highest BCUT2D eigenvalue weighted by molar-refractivity contribution is 6.10. The fourth-order valence-corrected chi connectivity index (χ4v) is 4.48. The number of hydrogen-bond acceptors (Lipinski definition) is 1. The molecule has 5 aromatic rings. The molecule has 2 heteroatoms. The van der Waals surface area contributed by atoms with E-state index in [4.69, 9.17) is 0 Å². The van der Waals surface area contributed by atoms with Gasteiger partial charge in [0, 0.05) is 33.5 Å². The molecule has 0 fully saturated rings. The summed E-state index contributed by atoms with van der Waals surface area (Å²) in [4.78, 5) is 2.27. The molecule has 0 saturated carbocycles. The van der Waals surface area contributed by atoms with Gasteiger partial charge in [-0.15, -0.1) is 0 Å². The zero-order valence-corrected chi connectivity index (χ0v) is 18.7. The first-order valence-electron chi connectivity index (χ1n) is 11.2. The van der Waals surface area contributed by atoms with Gasteiger partial charge in [0.1, 0.15) is 0 Å². The molecule has 5 rings (SSSR count). The Morgan fingerprint density at radius 2 is 1.39 bits per heavy atom. The van der Waals surface area contributed by atoms with Crippen molar-refractivity contribution in [1.82, 2.24) is 4.57 Å². The highest BCUT2D eigenvalue weighted by atomic mass is 15.1. The largest absolute Gasteiger partial charge is 0.310 e. The van der Waals surface area contributed by atoms with Gasteiger partial charge in [0.05, 0.1) is 11.0 Å². The third-order valence-corrected chi connectivity index (χ3v) is 5.83. The predicted molar refractivity (Wildman–Crippen MR) is 142 cm³/mol. The molecule has 0 unspecified atom stereocenters. The standard InChI is InChI=1S/C31H26N2/c1-3-13-24(14-4-2)32(25-15-7-5-8-16-25)27-21-22-31-29(23-27)28-19-11-12-20-30(28)33(31)26-17-9-6-10-18-26/h3-23H,1H2,2H3/b14-4-,24-13+. The maximum absolute atomic E-state index is 3.94. The van der Waals surface area contributed by atoms with Crippen molar-refractivity contribution in [2.24, 2.45) is 0 Å². The lowest BCUT2D eigenvalue weighted by Gasteiger charge is -2.26. The Morgan fingerprint density at radius 1 is 0.727 bits per heavy atom. The molecule has 0 aliphatic heterocycles. The van der Waals surface area contributed by atoms with E-state index in [0.29, 0.717) is 0 Å². The minimum atomic E-state index is 1.06. The molecule has 1 heterocycles. The molecule has 0 saturated heterocycles. The minimum absolute atomic E-state index is 1.06. The van der Waals surface area contributed by atoms with E-state index in [-0.39, 0.29) is 0 Å². The number of anilines is 2. The van der Waals surface area contributed by atoms with E-state index < -0.39 is 0 Å². The lowest BCUT2D eigenvalue weighted by atomic mass is 10.1. The van der Waals surface area contributed by atoms with E-state index in [9.17, 15) is 0 Å². The van der Waals surface area contributed by atoms with Crippen molar-refractivity contribution in [3.8, 4) is 5.69 Å². The average Bonchev–Trinajstić information content (AvgIpc) is 3.20. The fraction of sp³-hybridized carbons (Fsp3) is 0.0323. The van der Waals surface area contributed by atoms with Crippen molar-refractivity contribution in [3.05, 3.63) is 140 Å². The van der Waals surface area contributed by atoms with Gasteiger partial charge >= 0.3 is 0 Å². The molecule has 0 amide bonds.